The number of carbonyl (C=O) groups excluding carboxylic acids is 1. The standard InChI is InChI=1S/C33H63NO9/c1-3-5-7-9-11-13-14-16-18-20-22-28(37)34-25(24-42-33-32(41)31(40)30(39)27(23-35)43-33)29(38)26(36)21-19-17-15-12-10-8-6-4-2/h10,12,25-27,29-33,35-36,38-41H,3-9,11,13-24H2,1-2H3,(H,34,37). The van der Waals surface area contributed by atoms with Crippen LogP contribution in [0.5, 0.6) is 0 Å². The second-order valence-corrected chi connectivity index (χ2v) is 12.1. The Kier molecular flexibility index (Phi) is 23.3. The molecule has 1 saturated heterocycles. The Balaban J connectivity index is 2.59. The molecule has 0 saturated carbocycles. The fourth-order valence-electron chi connectivity index (χ4n) is 5.29. The molecule has 1 aliphatic heterocycles. The number of hydrogen-bond acceptors (Lipinski definition) is 9. The van der Waals surface area contributed by atoms with E-state index in [9.17, 15) is 35.4 Å². The average molecular weight is 618 g/mol. The number of nitrogens with one attached hydrogen (secondary N) is 1. The van der Waals surface area contributed by atoms with E-state index in [0.717, 1.165) is 44.9 Å². The van der Waals surface area contributed by atoms with Crippen LogP contribution in [0.1, 0.15) is 129 Å². The number of carbonyl (C=O) groups is 1. The third-order valence-corrected chi connectivity index (χ3v) is 8.21. The Labute approximate surface area is 259 Å². The monoisotopic (exact) mass is 617 g/mol. The van der Waals surface area contributed by atoms with Crippen LogP contribution < -0.4 is 5.32 Å². The molecule has 0 radical (unpaired) electrons. The van der Waals surface area contributed by atoms with Crippen molar-refractivity contribution in [2.75, 3.05) is 13.2 Å². The predicted molar refractivity (Wildman–Crippen MR) is 167 cm³/mol. The molecule has 1 amide bonds. The van der Waals surface area contributed by atoms with Crippen molar-refractivity contribution >= 4 is 5.91 Å². The Morgan fingerprint density at radius 1 is 0.791 bits per heavy atom. The largest absolute Gasteiger partial charge is 0.394 e. The fourth-order valence-corrected chi connectivity index (χ4v) is 5.29. The summed E-state index contributed by atoms with van der Waals surface area (Å²) < 4.78 is 11.0. The molecule has 0 aromatic heterocycles. The summed E-state index contributed by atoms with van der Waals surface area (Å²) in [6.07, 6.45) is 12.5. The first-order chi connectivity index (χ1) is 20.8. The van der Waals surface area contributed by atoms with Crippen LogP contribution in [0.4, 0.5) is 0 Å². The van der Waals surface area contributed by atoms with E-state index >= 15 is 0 Å². The van der Waals surface area contributed by atoms with Crippen LogP contribution in [0.25, 0.3) is 0 Å². The van der Waals surface area contributed by atoms with Gasteiger partial charge in [0.25, 0.3) is 0 Å². The molecule has 43 heavy (non-hydrogen) atoms. The quantitative estimate of drug-likeness (QED) is 0.0566. The van der Waals surface area contributed by atoms with Crippen LogP contribution in [0.3, 0.4) is 0 Å². The Morgan fingerprint density at radius 2 is 1.37 bits per heavy atom. The van der Waals surface area contributed by atoms with Crippen LogP contribution in [-0.4, -0.2) is 98.7 Å². The van der Waals surface area contributed by atoms with Crippen molar-refractivity contribution in [3.05, 3.63) is 12.2 Å². The van der Waals surface area contributed by atoms with Gasteiger partial charge in [0.2, 0.25) is 5.91 Å². The first-order valence-electron chi connectivity index (χ1n) is 17.0. The van der Waals surface area contributed by atoms with E-state index in [1.165, 1.54) is 44.9 Å². The maximum atomic E-state index is 12.8. The number of amides is 1. The normalized spacial score (nSPS) is 24.7. The van der Waals surface area contributed by atoms with Gasteiger partial charge in [0.15, 0.2) is 6.29 Å². The van der Waals surface area contributed by atoms with Crippen molar-refractivity contribution in [2.24, 2.45) is 0 Å². The lowest BCUT2D eigenvalue weighted by Crippen LogP contribution is -2.60. The highest BCUT2D eigenvalue weighted by Gasteiger charge is 2.44. The number of rotatable bonds is 26. The molecule has 10 heteroatoms. The van der Waals surface area contributed by atoms with Gasteiger partial charge in [-0.3, -0.25) is 4.79 Å². The minimum absolute atomic E-state index is 0.273. The number of hydrogen-bond donors (Lipinski definition) is 7. The van der Waals surface area contributed by atoms with Gasteiger partial charge in [-0.2, -0.15) is 0 Å². The van der Waals surface area contributed by atoms with E-state index in [1.807, 2.05) is 0 Å². The molecule has 0 aliphatic carbocycles. The summed E-state index contributed by atoms with van der Waals surface area (Å²) in [4.78, 5) is 12.8. The van der Waals surface area contributed by atoms with Gasteiger partial charge in [-0.25, -0.2) is 0 Å². The SMILES string of the molecule is CCCCC=CCCCCC(O)C(O)C(COC1OC(CO)C(O)C(O)C1O)NC(=O)CCCCCCCCCCCC. The Bertz CT molecular complexity index is 708. The van der Waals surface area contributed by atoms with Crippen molar-refractivity contribution in [1.29, 1.82) is 0 Å². The van der Waals surface area contributed by atoms with E-state index in [4.69, 9.17) is 9.47 Å². The zero-order valence-corrected chi connectivity index (χ0v) is 26.8. The molecule has 0 bridgehead atoms. The van der Waals surface area contributed by atoms with Gasteiger partial charge in [0.05, 0.1) is 25.4 Å². The molecule has 254 valence electrons. The second kappa shape index (κ2) is 25.1. The van der Waals surface area contributed by atoms with Gasteiger partial charge >= 0.3 is 0 Å². The summed E-state index contributed by atoms with van der Waals surface area (Å²) in [6.45, 7) is 3.46. The van der Waals surface area contributed by atoms with E-state index in [0.29, 0.717) is 19.3 Å². The molecule has 1 aliphatic rings. The number of aliphatic hydroxyl groups excluding tert-OH is 6. The zero-order valence-electron chi connectivity index (χ0n) is 26.8. The number of ether oxygens (including phenoxy) is 2. The molecule has 8 atom stereocenters. The third-order valence-electron chi connectivity index (χ3n) is 8.21. The Morgan fingerprint density at radius 3 is 1.98 bits per heavy atom. The maximum Gasteiger partial charge on any atom is 0.220 e. The lowest BCUT2D eigenvalue weighted by Gasteiger charge is -2.40. The average Bonchev–Trinajstić information content (AvgIpc) is 3.00. The maximum absolute atomic E-state index is 12.8. The van der Waals surface area contributed by atoms with Crippen LogP contribution in [0, 0.1) is 0 Å². The summed E-state index contributed by atoms with van der Waals surface area (Å²) in [5, 5.41) is 64.3. The van der Waals surface area contributed by atoms with Crippen molar-refractivity contribution < 1.29 is 44.9 Å². The molecule has 0 spiro atoms. The summed E-state index contributed by atoms with van der Waals surface area (Å²) >= 11 is 0. The van der Waals surface area contributed by atoms with Gasteiger partial charge in [-0.1, -0.05) is 103 Å². The van der Waals surface area contributed by atoms with E-state index in [2.05, 4.69) is 31.3 Å². The number of allylic oxidation sites excluding steroid dienone is 2. The first-order valence-corrected chi connectivity index (χ1v) is 17.0. The highest BCUT2D eigenvalue weighted by atomic mass is 16.7. The molecule has 0 aromatic rings. The Hall–Kier alpha value is -1.11. The lowest BCUT2D eigenvalue weighted by molar-refractivity contribution is -0.303. The lowest BCUT2D eigenvalue weighted by atomic mass is 9.98. The molecule has 7 N–H and O–H groups in total. The molecule has 10 nitrogen and oxygen atoms in total. The van der Waals surface area contributed by atoms with E-state index in [-0.39, 0.29) is 18.9 Å². The summed E-state index contributed by atoms with van der Waals surface area (Å²) in [5.41, 5.74) is 0. The molecular weight excluding hydrogens is 554 g/mol. The van der Waals surface area contributed by atoms with Gasteiger partial charge < -0.3 is 45.4 Å². The van der Waals surface area contributed by atoms with Crippen molar-refractivity contribution in [3.8, 4) is 0 Å². The predicted octanol–water partition coefficient (Wildman–Crippen LogP) is 3.63. The molecule has 8 unspecified atom stereocenters. The van der Waals surface area contributed by atoms with Crippen LogP contribution in [-0.2, 0) is 14.3 Å². The minimum atomic E-state index is -1.60. The van der Waals surface area contributed by atoms with Gasteiger partial charge in [0, 0.05) is 6.42 Å². The third kappa shape index (κ3) is 17.2. The van der Waals surface area contributed by atoms with Gasteiger partial charge in [-0.05, 0) is 32.1 Å². The van der Waals surface area contributed by atoms with Crippen LogP contribution >= 0.6 is 0 Å². The molecule has 1 rings (SSSR count). The molecule has 1 heterocycles. The molecular formula is C33H63NO9. The van der Waals surface area contributed by atoms with Crippen molar-refractivity contribution in [2.45, 2.75) is 178 Å². The zero-order chi connectivity index (χ0) is 31.9. The van der Waals surface area contributed by atoms with Crippen molar-refractivity contribution in [3.63, 3.8) is 0 Å². The van der Waals surface area contributed by atoms with Gasteiger partial charge in [0.1, 0.15) is 30.5 Å². The number of unbranched alkanes of at least 4 members (excludes halogenated alkanes) is 13. The van der Waals surface area contributed by atoms with Crippen molar-refractivity contribution in [1.82, 2.24) is 5.32 Å². The van der Waals surface area contributed by atoms with E-state index in [1.54, 1.807) is 0 Å². The topological polar surface area (TPSA) is 169 Å². The fraction of sp³-hybridized carbons (Fsp3) is 0.909. The highest BCUT2D eigenvalue weighted by molar-refractivity contribution is 5.76. The van der Waals surface area contributed by atoms with Gasteiger partial charge in [-0.15, -0.1) is 0 Å². The summed E-state index contributed by atoms with van der Waals surface area (Å²) in [5.74, 6) is -0.273. The van der Waals surface area contributed by atoms with Crippen LogP contribution in [0.2, 0.25) is 0 Å². The van der Waals surface area contributed by atoms with Crippen LogP contribution in [0.15, 0.2) is 12.2 Å². The minimum Gasteiger partial charge on any atom is -0.394 e. The highest BCUT2D eigenvalue weighted by Crippen LogP contribution is 2.23. The summed E-state index contributed by atoms with van der Waals surface area (Å²) in [7, 11) is 0. The smallest absolute Gasteiger partial charge is 0.220 e. The second-order valence-electron chi connectivity index (χ2n) is 12.1. The molecule has 0 aromatic carbocycles. The van der Waals surface area contributed by atoms with E-state index < -0.39 is 55.6 Å². The number of aliphatic hydroxyl groups is 6. The first kappa shape index (κ1) is 39.9. The summed E-state index contributed by atoms with van der Waals surface area (Å²) in [6, 6.07) is -0.994. The molecule has 1 fully saturated rings.